The predicted octanol–water partition coefficient (Wildman–Crippen LogP) is 1.45. The molecule has 2 heterocycles. The minimum absolute atomic E-state index is 0.0829. The van der Waals surface area contributed by atoms with Crippen molar-refractivity contribution >= 4 is 35.6 Å². The van der Waals surface area contributed by atoms with Crippen LogP contribution in [0, 0.1) is 0 Å². The fourth-order valence-electron chi connectivity index (χ4n) is 3.05. The van der Waals surface area contributed by atoms with Crippen LogP contribution >= 0.6 is 11.8 Å². The molecule has 0 spiro atoms. The molecule has 2 unspecified atom stereocenters. The van der Waals surface area contributed by atoms with Gasteiger partial charge in [0.2, 0.25) is 0 Å². The highest BCUT2D eigenvalue weighted by Gasteiger charge is 2.35. The first-order chi connectivity index (χ1) is 13.0. The maximum atomic E-state index is 12.3. The second-order valence-electron chi connectivity index (χ2n) is 6.22. The number of esters is 1. The number of fused-ring (bicyclic) bond motifs is 1. The number of hydrogen-bond acceptors (Lipinski definition) is 7. The van der Waals surface area contributed by atoms with Crippen LogP contribution in [0.4, 0.5) is 4.79 Å². The number of ether oxygens (including phenoxy) is 2. The summed E-state index contributed by atoms with van der Waals surface area (Å²) in [4.78, 5) is 49.1. The Labute approximate surface area is 160 Å². The Bertz CT molecular complexity index is 733. The molecule has 1 aromatic carbocycles. The quantitative estimate of drug-likeness (QED) is 0.577. The fraction of sp³-hybridized carbons (Fsp3) is 0.444. The third-order valence-electron chi connectivity index (χ3n) is 4.44. The first-order valence-corrected chi connectivity index (χ1v) is 9.73. The Hall–Kier alpha value is -2.55. The zero-order chi connectivity index (χ0) is 19.4. The van der Waals surface area contributed by atoms with Gasteiger partial charge in [0.05, 0.1) is 24.3 Å². The Morgan fingerprint density at radius 3 is 2.48 bits per heavy atom. The lowest BCUT2D eigenvalue weighted by Crippen LogP contribution is -2.44. The van der Waals surface area contributed by atoms with E-state index in [1.165, 1.54) is 7.11 Å². The predicted molar refractivity (Wildman–Crippen MR) is 97.6 cm³/mol. The van der Waals surface area contributed by atoms with Crippen LogP contribution < -0.4 is 5.32 Å². The number of imide groups is 1. The molecule has 0 radical (unpaired) electrons. The highest BCUT2D eigenvalue weighted by Crippen LogP contribution is 2.24. The molecule has 1 saturated heterocycles. The summed E-state index contributed by atoms with van der Waals surface area (Å²) in [6.07, 6.45) is -0.575. The van der Waals surface area contributed by atoms with Crippen LogP contribution in [0.25, 0.3) is 0 Å². The number of nitrogens with one attached hydrogen (secondary N) is 1. The molecule has 3 amide bonds. The van der Waals surface area contributed by atoms with Crippen molar-refractivity contribution in [1.29, 1.82) is 0 Å². The van der Waals surface area contributed by atoms with Gasteiger partial charge in [-0.15, -0.1) is 0 Å². The summed E-state index contributed by atoms with van der Waals surface area (Å²) >= 11 is 1.58. The molecule has 9 heteroatoms. The number of hydrogen-bond donors (Lipinski definition) is 1. The van der Waals surface area contributed by atoms with E-state index < -0.39 is 18.2 Å². The van der Waals surface area contributed by atoms with Crippen LogP contribution in [-0.2, 0) is 14.3 Å². The molecule has 2 aliphatic rings. The molecular formula is C18H20N2O6S. The monoisotopic (exact) mass is 392 g/mol. The third kappa shape index (κ3) is 4.24. The summed E-state index contributed by atoms with van der Waals surface area (Å²) in [5.74, 6) is 0.147. The van der Waals surface area contributed by atoms with E-state index in [-0.39, 0.29) is 30.8 Å². The molecule has 1 fully saturated rings. The first kappa shape index (κ1) is 19.2. The number of rotatable bonds is 6. The minimum atomic E-state index is -0.561. The molecule has 3 rings (SSSR count). The van der Waals surface area contributed by atoms with Crippen LogP contribution in [0.5, 0.6) is 0 Å². The van der Waals surface area contributed by atoms with Crippen molar-refractivity contribution in [1.82, 2.24) is 10.2 Å². The molecule has 0 saturated carbocycles. The Kier molecular flexibility index (Phi) is 6.00. The summed E-state index contributed by atoms with van der Waals surface area (Å²) in [5.41, 5.74) is 0.787. The van der Waals surface area contributed by atoms with E-state index >= 15 is 0 Å². The van der Waals surface area contributed by atoms with Gasteiger partial charge in [0.15, 0.2) is 0 Å². The lowest BCUT2D eigenvalue weighted by Gasteiger charge is -2.20. The Morgan fingerprint density at radius 2 is 1.85 bits per heavy atom. The largest absolute Gasteiger partial charge is 0.459 e. The number of amides is 3. The maximum Gasteiger partial charge on any atom is 0.407 e. The van der Waals surface area contributed by atoms with Crippen LogP contribution in [0.3, 0.4) is 0 Å². The van der Waals surface area contributed by atoms with Crippen LogP contribution in [0.2, 0.25) is 0 Å². The van der Waals surface area contributed by atoms with Crippen molar-refractivity contribution in [2.24, 2.45) is 0 Å². The normalized spacial score (nSPS) is 21.1. The van der Waals surface area contributed by atoms with Gasteiger partial charge in [0, 0.05) is 24.5 Å². The van der Waals surface area contributed by atoms with E-state index in [9.17, 15) is 19.2 Å². The summed E-state index contributed by atoms with van der Waals surface area (Å²) in [7, 11) is 1.28. The number of methoxy groups -OCH3 is 1. The number of nitrogens with zero attached hydrogens (tertiary/aromatic N) is 1. The van der Waals surface area contributed by atoms with Gasteiger partial charge in [0.25, 0.3) is 11.8 Å². The summed E-state index contributed by atoms with van der Waals surface area (Å²) in [5, 5.41) is 2.65. The van der Waals surface area contributed by atoms with Crippen molar-refractivity contribution < 1.29 is 28.7 Å². The maximum absolute atomic E-state index is 12.3. The average Bonchev–Trinajstić information content (AvgIpc) is 3.19. The van der Waals surface area contributed by atoms with E-state index in [2.05, 4.69) is 10.1 Å². The molecule has 0 bridgehead atoms. The Morgan fingerprint density at radius 1 is 1.19 bits per heavy atom. The molecule has 1 N–H and O–H groups in total. The Balaban J connectivity index is 1.46. The van der Waals surface area contributed by atoms with Gasteiger partial charge in [-0.2, -0.15) is 11.8 Å². The molecular weight excluding hydrogens is 372 g/mol. The molecule has 2 atom stereocenters. The van der Waals surface area contributed by atoms with Gasteiger partial charge in [0.1, 0.15) is 6.10 Å². The fourth-order valence-corrected chi connectivity index (χ4v) is 4.27. The van der Waals surface area contributed by atoms with Crippen molar-refractivity contribution in [3.63, 3.8) is 0 Å². The lowest BCUT2D eigenvalue weighted by atomic mass is 10.1. The van der Waals surface area contributed by atoms with Gasteiger partial charge in [-0.1, -0.05) is 12.1 Å². The highest BCUT2D eigenvalue weighted by atomic mass is 32.2. The number of alkyl carbamates (subject to hydrolysis) is 1. The van der Waals surface area contributed by atoms with Crippen molar-refractivity contribution in [2.75, 3.05) is 25.2 Å². The molecule has 27 heavy (non-hydrogen) atoms. The lowest BCUT2D eigenvalue weighted by molar-refractivity contribution is -0.148. The minimum Gasteiger partial charge on any atom is -0.459 e. The molecule has 144 valence electrons. The third-order valence-corrected chi connectivity index (χ3v) is 5.60. The molecule has 8 nitrogen and oxygen atoms in total. The van der Waals surface area contributed by atoms with E-state index in [0.717, 1.165) is 4.90 Å². The summed E-state index contributed by atoms with van der Waals surface area (Å²) in [6.45, 7) is 0.157. The van der Waals surface area contributed by atoms with E-state index in [1.54, 1.807) is 36.0 Å². The van der Waals surface area contributed by atoms with Crippen molar-refractivity contribution in [3.8, 4) is 0 Å². The van der Waals surface area contributed by atoms with Crippen LogP contribution in [-0.4, -0.2) is 66.1 Å². The van der Waals surface area contributed by atoms with Crippen molar-refractivity contribution in [3.05, 3.63) is 35.4 Å². The molecule has 1 aromatic rings. The van der Waals surface area contributed by atoms with Gasteiger partial charge in [-0.25, -0.2) is 4.79 Å². The number of carbonyl (C=O) groups is 4. The summed E-state index contributed by atoms with van der Waals surface area (Å²) < 4.78 is 10.00. The second-order valence-corrected chi connectivity index (χ2v) is 7.29. The SMILES string of the molecule is COC(=O)NC1CSCC1OC(=O)CCCN1C(=O)c2ccccc2C1=O. The van der Waals surface area contributed by atoms with E-state index in [0.29, 0.717) is 29.1 Å². The number of thioether (sulfide) groups is 1. The van der Waals surface area contributed by atoms with E-state index in [4.69, 9.17) is 4.74 Å². The zero-order valence-electron chi connectivity index (χ0n) is 14.8. The second kappa shape index (κ2) is 8.43. The number of benzene rings is 1. The van der Waals surface area contributed by atoms with Gasteiger partial charge in [-0.3, -0.25) is 19.3 Å². The molecule has 0 aromatic heterocycles. The zero-order valence-corrected chi connectivity index (χ0v) is 15.6. The van der Waals surface area contributed by atoms with Crippen LogP contribution in [0.1, 0.15) is 33.6 Å². The van der Waals surface area contributed by atoms with Crippen LogP contribution in [0.15, 0.2) is 24.3 Å². The summed E-state index contributed by atoms with van der Waals surface area (Å²) in [6, 6.07) is 6.38. The highest BCUT2D eigenvalue weighted by molar-refractivity contribution is 7.99. The van der Waals surface area contributed by atoms with E-state index in [1.807, 2.05) is 0 Å². The smallest absolute Gasteiger partial charge is 0.407 e. The van der Waals surface area contributed by atoms with Crippen molar-refractivity contribution in [2.45, 2.75) is 25.0 Å². The van der Waals surface area contributed by atoms with Gasteiger partial charge in [-0.05, 0) is 18.6 Å². The average molecular weight is 392 g/mol. The topological polar surface area (TPSA) is 102 Å². The molecule has 0 aliphatic carbocycles. The van der Waals surface area contributed by atoms with Gasteiger partial charge < -0.3 is 14.8 Å². The standard InChI is InChI=1S/C18H20N2O6S/c1-25-18(24)19-13-9-27-10-14(13)26-15(21)7-4-8-20-16(22)11-5-2-3-6-12(11)17(20)23/h2-3,5-6,13-14H,4,7-10H2,1H3,(H,19,24). The molecule has 2 aliphatic heterocycles. The number of carbonyl (C=O) groups excluding carboxylic acids is 4. The first-order valence-electron chi connectivity index (χ1n) is 8.58. The van der Waals surface area contributed by atoms with Gasteiger partial charge >= 0.3 is 12.1 Å².